The number of carbonyl (C=O) groups excluding carboxylic acids is 1. The lowest BCUT2D eigenvalue weighted by atomic mass is 10.2. The topological polar surface area (TPSA) is 101 Å². The van der Waals surface area contributed by atoms with Crippen LogP contribution in [0, 0.1) is 0 Å². The van der Waals surface area contributed by atoms with E-state index in [2.05, 4.69) is 10.0 Å². The molecule has 1 aromatic carbocycles. The molecule has 0 aliphatic rings. The molecular weight excluding hydrogens is 290 g/mol. The molecule has 0 aromatic heterocycles. The van der Waals surface area contributed by atoms with Crippen LogP contribution in [-0.4, -0.2) is 32.7 Å². The van der Waals surface area contributed by atoms with E-state index in [1.165, 1.54) is 0 Å². The van der Waals surface area contributed by atoms with E-state index >= 15 is 0 Å². The van der Waals surface area contributed by atoms with Gasteiger partial charge in [0.25, 0.3) is 5.91 Å². The highest BCUT2D eigenvalue weighted by Gasteiger charge is 2.10. The third kappa shape index (κ3) is 6.59. The van der Waals surface area contributed by atoms with Crippen LogP contribution in [0.15, 0.2) is 24.3 Å². The molecule has 0 saturated carbocycles. The Morgan fingerprint density at radius 1 is 1.29 bits per heavy atom. The van der Waals surface area contributed by atoms with Crippen molar-refractivity contribution in [3.05, 3.63) is 29.8 Å². The molecule has 4 N–H and O–H groups in total. The fourth-order valence-corrected chi connectivity index (χ4v) is 2.84. The third-order valence-electron chi connectivity index (χ3n) is 2.78. The largest absolute Gasteiger partial charge is 0.352 e. The van der Waals surface area contributed by atoms with Crippen LogP contribution in [0.5, 0.6) is 0 Å². The zero-order chi connectivity index (χ0) is 15.9. The molecule has 0 spiro atoms. The van der Waals surface area contributed by atoms with E-state index in [1.54, 1.807) is 31.2 Å². The summed E-state index contributed by atoms with van der Waals surface area (Å²) in [5.74, 6) is -0.120. The average Bonchev–Trinajstić information content (AvgIpc) is 2.38. The average molecular weight is 313 g/mol. The molecule has 1 unspecified atom stereocenters. The number of rotatable bonds is 8. The number of anilines is 1. The SMILES string of the molecule is CCCS(=O)(=O)Nc1ccc(C(=O)NCCC(C)N)cc1. The van der Waals surface area contributed by atoms with E-state index in [1.807, 2.05) is 6.92 Å². The lowest BCUT2D eigenvalue weighted by Crippen LogP contribution is -2.28. The summed E-state index contributed by atoms with van der Waals surface area (Å²) in [6, 6.07) is 6.37. The smallest absolute Gasteiger partial charge is 0.251 e. The van der Waals surface area contributed by atoms with Gasteiger partial charge < -0.3 is 11.1 Å². The van der Waals surface area contributed by atoms with Crippen molar-refractivity contribution in [3.63, 3.8) is 0 Å². The maximum atomic E-state index is 11.8. The van der Waals surface area contributed by atoms with Crippen LogP contribution >= 0.6 is 0 Å². The molecule has 0 heterocycles. The Hall–Kier alpha value is -1.60. The second-order valence-corrected chi connectivity index (χ2v) is 6.86. The summed E-state index contributed by atoms with van der Waals surface area (Å²) < 4.78 is 25.7. The van der Waals surface area contributed by atoms with Crippen LogP contribution in [0.4, 0.5) is 5.69 Å². The van der Waals surface area contributed by atoms with Crippen LogP contribution in [0.3, 0.4) is 0 Å². The van der Waals surface area contributed by atoms with Gasteiger partial charge in [-0.2, -0.15) is 0 Å². The van der Waals surface area contributed by atoms with Gasteiger partial charge in [0.05, 0.1) is 5.75 Å². The van der Waals surface area contributed by atoms with Gasteiger partial charge in [0.1, 0.15) is 0 Å². The van der Waals surface area contributed by atoms with Crippen LogP contribution in [0.2, 0.25) is 0 Å². The summed E-state index contributed by atoms with van der Waals surface area (Å²) in [5.41, 5.74) is 6.54. The molecule has 21 heavy (non-hydrogen) atoms. The number of nitrogens with two attached hydrogens (primary N) is 1. The molecule has 0 bridgehead atoms. The second-order valence-electron chi connectivity index (χ2n) is 5.02. The van der Waals surface area contributed by atoms with E-state index in [0.29, 0.717) is 30.6 Å². The molecule has 6 nitrogen and oxygen atoms in total. The van der Waals surface area contributed by atoms with Gasteiger partial charge in [0, 0.05) is 23.8 Å². The molecule has 0 aliphatic carbocycles. The standard InChI is InChI=1S/C14H23N3O3S/c1-3-10-21(19,20)17-13-6-4-12(5-7-13)14(18)16-9-8-11(2)15/h4-7,11,17H,3,8-10,15H2,1-2H3,(H,16,18). The van der Waals surface area contributed by atoms with E-state index in [4.69, 9.17) is 5.73 Å². The Morgan fingerprint density at radius 3 is 2.43 bits per heavy atom. The normalized spacial score (nSPS) is 12.7. The summed E-state index contributed by atoms with van der Waals surface area (Å²) in [4.78, 5) is 11.8. The first-order valence-electron chi connectivity index (χ1n) is 6.98. The minimum absolute atomic E-state index is 0.0423. The number of benzene rings is 1. The van der Waals surface area contributed by atoms with Crippen LogP contribution in [0.25, 0.3) is 0 Å². The number of hydrogen-bond acceptors (Lipinski definition) is 4. The molecule has 0 saturated heterocycles. The van der Waals surface area contributed by atoms with E-state index < -0.39 is 10.0 Å². The number of amides is 1. The monoisotopic (exact) mass is 313 g/mol. The third-order valence-corrected chi connectivity index (χ3v) is 4.27. The highest BCUT2D eigenvalue weighted by atomic mass is 32.2. The number of hydrogen-bond donors (Lipinski definition) is 3. The van der Waals surface area contributed by atoms with Crippen molar-refractivity contribution in [2.24, 2.45) is 5.73 Å². The van der Waals surface area contributed by atoms with E-state index in [0.717, 1.165) is 0 Å². The van der Waals surface area contributed by atoms with Crippen LogP contribution in [0.1, 0.15) is 37.0 Å². The number of carbonyl (C=O) groups is 1. The number of nitrogens with one attached hydrogen (secondary N) is 2. The predicted molar refractivity (Wildman–Crippen MR) is 84.7 cm³/mol. The first kappa shape index (κ1) is 17.5. The second kappa shape index (κ2) is 7.99. The maximum Gasteiger partial charge on any atom is 0.251 e. The molecule has 0 radical (unpaired) electrons. The van der Waals surface area contributed by atoms with Gasteiger partial charge in [0.2, 0.25) is 10.0 Å². The molecule has 0 aliphatic heterocycles. The summed E-state index contributed by atoms with van der Waals surface area (Å²) in [6.07, 6.45) is 1.26. The Bertz CT molecular complexity index is 553. The maximum absolute atomic E-state index is 11.8. The van der Waals surface area contributed by atoms with Crippen molar-refractivity contribution in [1.29, 1.82) is 0 Å². The van der Waals surface area contributed by atoms with Crippen molar-refractivity contribution in [2.45, 2.75) is 32.7 Å². The molecule has 1 atom stereocenters. The van der Waals surface area contributed by atoms with Crippen molar-refractivity contribution >= 4 is 21.6 Å². The summed E-state index contributed by atoms with van der Waals surface area (Å²) in [6.45, 7) is 4.19. The van der Waals surface area contributed by atoms with Crippen molar-refractivity contribution in [2.75, 3.05) is 17.0 Å². The van der Waals surface area contributed by atoms with Gasteiger partial charge in [-0.15, -0.1) is 0 Å². The summed E-state index contributed by atoms with van der Waals surface area (Å²) >= 11 is 0. The minimum Gasteiger partial charge on any atom is -0.352 e. The van der Waals surface area contributed by atoms with Crippen molar-refractivity contribution < 1.29 is 13.2 Å². The molecule has 118 valence electrons. The van der Waals surface area contributed by atoms with E-state index in [-0.39, 0.29) is 17.7 Å². The molecule has 7 heteroatoms. The highest BCUT2D eigenvalue weighted by Crippen LogP contribution is 2.12. The molecule has 0 fully saturated rings. The van der Waals surface area contributed by atoms with Crippen molar-refractivity contribution in [1.82, 2.24) is 5.32 Å². The zero-order valence-electron chi connectivity index (χ0n) is 12.4. The van der Waals surface area contributed by atoms with Gasteiger partial charge in [-0.3, -0.25) is 9.52 Å². The lowest BCUT2D eigenvalue weighted by molar-refractivity contribution is 0.0953. The van der Waals surface area contributed by atoms with Gasteiger partial charge in [-0.1, -0.05) is 6.92 Å². The van der Waals surface area contributed by atoms with Crippen LogP contribution < -0.4 is 15.8 Å². The zero-order valence-corrected chi connectivity index (χ0v) is 13.2. The fraction of sp³-hybridized carbons (Fsp3) is 0.500. The number of sulfonamides is 1. The molecule has 1 rings (SSSR count). The van der Waals surface area contributed by atoms with Crippen LogP contribution in [-0.2, 0) is 10.0 Å². The Labute approximate surface area is 126 Å². The molecule has 1 aromatic rings. The quantitative estimate of drug-likeness (QED) is 0.673. The van der Waals surface area contributed by atoms with Gasteiger partial charge in [-0.25, -0.2) is 8.42 Å². The fourth-order valence-electron chi connectivity index (χ4n) is 1.70. The Kier molecular flexibility index (Phi) is 6.64. The summed E-state index contributed by atoms with van der Waals surface area (Å²) in [7, 11) is -3.31. The van der Waals surface area contributed by atoms with Gasteiger partial charge >= 0.3 is 0 Å². The Morgan fingerprint density at radius 2 is 1.90 bits per heavy atom. The first-order valence-corrected chi connectivity index (χ1v) is 8.63. The highest BCUT2D eigenvalue weighted by molar-refractivity contribution is 7.92. The summed E-state index contributed by atoms with van der Waals surface area (Å²) in [5, 5.41) is 2.76. The van der Waals surface area contributed by atoms with Crippen molar-refractivity contribution in [3.8, 4) is 0 Å². The lowest BCUT2D eigenvalue weighted by Gasteiger charge is -2.09. The van der Waals surface area contributed by atoms with E-state index in [9.17, 15) is 13.2 Å². The first-order chi connectivity index (χ1) is 9.84. The minimum atomic E-state index is -3.31. The van der Waals surface area contributed by atoms with Gasteiger partial charge in [-0.05, 0) is 44.0 Å². The van der Waals surface area contributed by atoms with Gasteiger partial charge in [0.15, 0.2) is 0 Å². The Balaban J connectivity index is 2.59. The molecular formula is C14H23N3O3S. The molecule has 1 amide bonds. The predicted octanol–water partition coefficient (Wildman–Crippen LogP) is 1.31.